The van der Waals surface area contributed by atoms with Gasteiger partial charge in [-0.2, -0.15) is 0 Å². The number of hydrogen-bond acceptors (Lipinski definition) is 14. The van der Waals surface area contributed by atoms with Crippen molar-refractivity contribution in [1.82, 2.24) is 0 Å². The second-order valence-corrected chi connectivity index (χ2v) is 12.9. The third-order valence-electron chi connectivity index (χ3n) is 9.44. The molecule has 2 saturated carbocycles. The Labute approximate surface area is 264 Å². The number of alkyl halides is 1. The Morgan fingerprint density at radius 1 is 0.867 bits per heavy atom. The maximum absolute atomic E-state index is 13.1. The number of hydrogen-bond donors (Lipinski definition) is 1. The fourth-order valence-electron chi connectivity index (χ4n) is 7.53. The molecule has 12 atom stereocenters. The van der Waals surface area contributed by atoms with Gasteiger partial charge in [0, 0.05) is 40.5 Å². The molecule has 4 aliphatic rings. The highest BCUT2D eigenvalue weighted by molar-refractivity contribution is 6.23. The van der Waals surface area contributed by atoms with Crippen molar-refractivity contribution in [1.29, 1.82) is 0 Å². The summed E-state index contributed by atoms with van der Waals surface area (Å²) in [7, 11) is 0. The molecular formula is C30H39ClO14. The zero-order valence-corrected chi connectivity index (χ0v) is 26.9. The zero-order valence-electron chi connectivity index (χ0n) is 26.2. The van der Waals surface area contributed by atoms with Gasteiger partial charge in [0.25, 0.3) is 0 Å². The van der Waals surface area contributed by atoms with Gasteiger partial charge in [-0.25, -0.2) is 0 Å². The quantitative estimate of drug-likeness (QED) is 0.146. The Morgan fingerprint density at radius 3 is 1.84 bits per heavy atom. The predicted octanol–water partition coefficient (Wildman–Crippen LogP) is 1.30. The minimum atomic E-state index is -2.38. The van der Waals surface area contributed by atoms with Crippen LogP contribution in [-0.4, -0.2) is 101 Å². The number of carbonyl (C=O) groups excluding carboxylic acids is 6. The third kappa shape index (κ3) is 5.80. The van der Waals surface area contributed by atoms with Crippen molar-refractivity contribution >= 4 is 47.4 Å². The van der Waals surface area contributed by atoms with E-state index in [2.05, 4.69) is 6.58 Å². The highest BCUT2D eigenvalue weighted by Crippen LogP contribution is 2.64. The summed E-state index contributed by atoms with van der Waals surface area (Å²) < 4.78 is 40.7. The molecule has 250 valence electrons. The molecule has 0 bridgehead atoms. The standard InChI is InChI=1S/C30H39ClO14/c1-12-9-10-19(40-14(3)32)28(8)22(26(44-18(7)36)30(38)13(2)27(37)45-23(30)20(12)31)29(11-39-29)25(43-17(6)35)21(41-15(4)33)24(28)42-16(5)34/h13,19-26,38H,1,9-11H2,2-8H3. The summed E-state index contributed by atoms with van der Waals surface area (Å²) in [5.41, 5.74) is -5.51. The van der Waals surface area contributed by atoms with Gasteiger partial charge in [-0.15, -0.1) is 11.6 Å². The summed E-state index contributed by atoms with van der Waals surface area (Å²) in [6.07, 6.45) is -8.98. The first-order chi connectivity index (χ1) is 20.8. The third-order valence-corrected chi connectivity index (χ3v) is 9.97. The molecule has 0 aromatic rings. The predicted molar refractivity (Wildman–Crippen MR) is 150 cm³/mol. The van der Waals surface area contributed by atoms with Crippen LogP contribution in [0.25, 0.3) is 0 Å². The van der Waals surface area contributed by atoms with E-state index >= 15 is 0 Å². The molecule has 0 amide bonds. The van der Waals surface area contributed by atoms with E-state index in [0.29, 0.717) is 5.57 Å². The Balaban J connectivity index is 2.14. The molecule has 4 fully saturated rings. The Hall–Kier alpha value is -3.23. The number of fused-ring (bicyclic) bond motifs is 3. The first-order valence-corrected chi connectivity index (χ1v) is 15.0. The molecule has 2 aliphatic heterocycles. The van der Waals surface area contributed by atoms with Gasteiger partial charge in [0.15, 0.2) is 30.0 Å². The van der Waals surface area contributed by atoms with Crippen molar-refractivity contribution in [2.75, 3.05) is 6.61 Å². The van der Waals surface area contributed by atoms with Crippen molar-refractivity contribution < 1.29 is 67.0 Å². The maximum Gasteiger partial charge on any atom is 0.312 e. The van der Waals surface area contributed by atoms with Crippen molar-refractivity contribution in [2.45, 2.75) is 115 Å². The highest BCUT2D eigenvalue weighted by atomic mass is 35.5. The van der Waals surface area contributed by atoms with E-state index in [-0.39, 0.29) is 19.4 Å². The van der Waals surface area contributed by atoms with E-state index in [1.807, 2.05) is 0 Å². The van der Waals surface area contributed by atoms with Gasteiger partial charge in [0.05, 0.1) is 23.3 Å². The van der Waals surface area contributed by atoms with Crippen LogP contribution in [0.2, 0.25) is 0 Å². The lowest BCUT2D eigenvalue weighted by molar-refractivity contribution is -0.285. The van der Waals surface area contributed by atoms with Gasteiger partial charge in [0.1, 0.15) is 17.8 Å². The lowest BCUT2D eigenvalue weighted by atomic mass is 9.51. The molecule has 0 aromatic carbocycles. The second-order valence-electron chi connectivity index (χ2n) is 12.4. The molecule has 1 spiro atoms. The van der Waals surface area contributed by atoms with E-state index in [4.69, 9.17) is 44.8 Å². The fourth-order valence-corrected chi connectivity index (χ4v) is 7.89. The monoisotopic (exact) mass is 658 g/mol. The number of ether oxygens (including phenoxy) is 7. The number of carbonyl (C=O) groups is 6. The number of epoxide rings is 1. The van der Waals surface area contributed by atoms with Crippen LogP contribution in [0.4, 0.5) is 0 Å². The van der Waals surface area contributed by atoms with E-state index in [1.165, 1.54) is 6.92 Å². The summed E-state index contributed by atoms with van der Waals surface area (Å²) in [6, 6.07) is 0. The van der Waals surface area contributed by atoms with Crippen molar-refractivity contribution in [3.63, 3.8) is 0 Å². The van der Waals surface area contributed by atoms with Gasteiger partial charge in [-0.05, 0) is 19.8 Å². The summed E-state index contributed by atoms with van der Waals surface area (Å²) in [6.45, 7) is 12.3. The summed E-state index contributed by atoms with van der Waals surface area (Å²) in [5, 5.41) is 11.5. The van der Waals surface area contributed by atoms with E-state index in [9.17, 15) is 33.9 Å². The molecule has 12 unspecified atom stereocenters. The van der Waals surface area contributed by atoms with Crippen LogP contribution in [0.1, 0.15) is 61.3 Å². The molecule has 1 N–H and O–H groups in total. The van der Waals surface area contributed by atoms with Gasteiger partial charge in [0.2, 0.25) is 0 Å². The summed E-state index contributed by atoms with van der Waals surface area (Å²) >= 11 is 6.81. The van der Waals surface area contributed by atoms with Crippen LogP contribution in [0, 0.1) is 17.3 Å². The minimum absolute atomic E-state index is 0.00502. The van der Waals surface area contributed by atoms with Gasteiger partial charge >= 0.3 is 35.8 Å². The fraction of sp³-hybridized carbons (Fsp3) is 0.733. The SMILES string of the molecule is C=C1CCC(OC(C)=O)C2(C)C(OC(C)=O)C(OC(C)=O)C(OC(C)=O)C3(CO3)C2C(OC(C)=O)C2(O)C(C)C(=O)OC2C1Cl. The molecule has 14 nitrogen and oxygen atoms in total. The number of aliphatic hydroxyl groups is 1. The molecule has 4 rings (SSSR count). The number of esters is 6. The van der Waals surface area contributed by atoms with Crippen LogP contribution < -0.4 is 0 Å². The molecule has 45 heavy (non-hydrogen) atoms. The minimum Gasteiger partial charge on any atom is -0.462 e. The molecule has 2 saturated heterocycles. The zero-order chi connectivity index (χ0) is 33.8. The number of rotatable bonds is 5. The average Bonchev–Trinajstić information content (AvgIpc) is 3.67. The maximum atomic E-state index is 13.1. The molecule has 2 aliphatic carbocycles. The highest BCUT2D eigenvalue weighted by Gasteiger charge is 2.81. The molecule has 15 heteroatoms. The topological polar surface area (TPSA) is 191 Å². The van der Waals surface area contributed by atoms with E-state index in [1.54, 1.807) is 6.92 Å². The van der Waals surface area contributed by atoms with Crippen LogP contribution in [-0.2, 0) is 61.9 Å². The first-order valence-electron chi connectivity index (χ1n) is 14.6. The molecular weight excluding hydrogens is 620 g/mol. The normalized spacial score (nSPS) is 42.3. The van der Waals surface area contributed by atoms with Gasteiger partial charge in [-0.1, -0.05) is 19.1 Å². The van der Waals surface area contributed by atoms with Gasteiger partial charge < -0.3 is 38.3 Å². The largest absolute Gasteiger partial charge is 0.462 e. The second kappa shape index (κ2) is 12.2. The number of halogens is 1. The van der Waals surface area contributed by atoms with Crippen molar-refractivity contribution in [3.8, 4) is 0 Å². The molecule has 0 aromatic heterocycles. The van der Waals surface area contributed by atoms with Crippen LogP contribution in [0.3, 0.4) is 0 Å². The molecule has 0 radical (unpaired) electrons. The van der Waals surface area contributed by atoms with Gasteiger partial charge in [-0.3, -0.25) is 28.8 Å². The smallest absolute Gasteiger partial charge is 0.312 e. The lowest BCUT2D eigenvalue weighted by Crippen LogP contribution is -2.76. The average molecular weight is 659 g/mol. The van der Waals surface area contributed by atoms with Crippen LogP contribution >= 0.6 is 11.6 Å². The van der Waals surface area contributed by atoms with Crippen molar-refractivity contribution in [2.24, 2.45) is 17.3 Å². The Morgan fingerprint density at radius 2 is 1.36 bits per heavy atom. The van der Waals surface area contributed by atoms with Crippen LogP contribution in [0.5, 0.6) is 0 Å². The summed E-state index contributed by atoms with van der Waals surface area (Å²) in [5.74, 6) is -7.69. The van der Waals surface area contributed by atoms with E-state index in [0.717, 1.165) is 34.6 Å². The van der Waals surface area contributed by atoms with Crippen molar-refractivity contribution in [3.05, 3.63) is 12.2 Å². The molecule has 2 heterocycles. The van der Waals surface area contributed by atoms with E-state index < -0.39 is 106 Å². The Kier molecular flexibility index (Phi) is 9.37. The summed E-state index contributed by atoms with van der Waals surface area (Å²) in [4.78, 5) is 76.4. The Bertz CT molecular complexity index is 1290. The first kappa shape index (κ1) is 34.6. The van der Waals surface area contributed by atoms with Crippen LogP contribution in [0.15, 0.2) is 12.2 Å². The lowest BCUT2D eigenvalue weighted by Gasteiger charge is -2.59.